The number of anilines is 1. The lowest BCUT2D eigenvalue weighted by atomic mass is 9.91. The molecule has 2 aromatic rings. The number of carbonyl (C=O) groups excluding carboxylic acids is 1. The first kappa shape index (κ1) is 21.8. The molecule has 0 saturated carbocycles. The summed E-state index contributed by atoms with van der Waals surface area (Å²) >= 11 is 0. The summed E-state index contributed by atoms with van der Waals surface area (Å²) in [6.45, 7) is 12.8. The number of rotatable bonds is 6. The first-order valence-electron chi connectivity index (χ1n) is 10.5. The molecular formula is C24H32N4O2. The van der Waals surface area contributed by atoms with Gasteiger partial charge in [0.05, 0.1) is 23.6 Å². The second-order valence-corrected chi connectivity index (χ2v) is 9.09. The maximum Gasteiger partial charge on any atom is 0.337 e. The van der Waals surface area contributed by atoms with Gasteiger partial charge in [-0.3, -0.25) is 0 Å². The Morgan fingerprint density at radius 2 is 2.03 bits per heavy atom. The van der Waals surface area contributed by atoms with Crippen LogP contribution in [0.2, 0.25) is 0 Å². The van der Waals surface area contributed by atoms with Crippen molar-refractivity contribution in [3.63, 3.8) is 0 Å². The van der Waals surface area contributed by atoms with Crippen molar-refractivity contribution in [1.29, 1.82) is 0 Å². The molecule has 0 bridgehead atoms. The van der Waals surface area contributed by atoms with Crippen molar-refractivity contribution in [3.8, 4) is 5.69 Å². The molecule has 1 atom stereocenters. The SMILES string of the molecule is CCOC(=O)C1=C(Nc2cc(CC(C)(C)C)nn2-c2ccccc2C)N=CC(C)C1. The van der Waals surface area contributed by atoms with Gasteiger partial charge < -0.3 is 10.1 Å². The molecule has 1 aliphatic rings. The van der Waals surface area contributed by atoms with Gasteiger partial charge >= 0.3 is 5.97 Å². The molecule has 1 N–H and O–H groups in total. The van der Waals surface area contributed by atoms with E-state index in [9.17, 15) is 4.79 Å². The van der Waals surface area contributed by atoms with Gasteiger partial charge in [-0.1, -0.05) is 45.9 Å². The average molecular weight is 409 g/mol. The van der Waals surface area contributed by atoms with Gasteiger partial charge in [-0.15, -0.1) is 0 Å². The van der Waals surface area contributed by atoms with Crippen molar-refractivity contribution in [2.24, 2.45) is 16.3 Å². The molecule has 1 aromatic heterocycles. The lowest BCUT2D eigenvalue weighted by molar-refractivity contribution is -0.138. The zero-order valence-corrected chi connectivity index (χ0v) is 18.8. The van der Waals surface area contributed by atoms with Crippen molar-refractivity contribution in [3.05, 3.63) is 53.0 Å². The first-order chi connectivity index (χ1) is 14.2. The Bertz CT molecular complexity index is 979. The Balaban J connectivity index is 2.05. The molecule has 160 valence electrons. The molecule has 1 aliphatic heterocycles. The maximum absolute atomic E-state index is 12.5. The molecule has 6 nitrogen and oxygen atoms in total. The predicted octanol–water partition coefficient (Wildman–Crippen LogP) is 5.07. The van der Waals surface area contributed by atoms with E-state index >= 15 is 0 Å². The number of aryl methyl sites for hydroxylation is 1. The van der Waals surface area contributed by atoms with Crippen LogP contribution >= 0.6 is 0 Å². The summed E-state index contributed by atoms with van der Waals surface area (Å²) in [5.74, 6) is 1.18. The number of hydrogen-bond donors (Lipinski definition) is 1. The molecule has 0 spiro atoms. The van der Waals surface area contributed by atoms with E-state index in [1.807, 2.05) is 49.0 Å². The highest BCUT2D eigenvalue weighted by Gasteiger charge is 2.24. The van der Waals surface area contributed by atoms with Crippen LogP contribution in [0.5, 0.6) is 0 Å². The van der Waals surface area contributed by atoms with E-state index in [0.717, 1.165) is 29.2 Å². The third-order valence-electron chi connectivity index (χ3n) is 4.85. The maximum atomic E-state index is 12.5. The summed E-state index contributed by atoms with van der Waals surface area (Å²) < 4.78 is 7.17. The van der Waals surface area contributed by atoms with Crippen LogP contribution in [0.25, 0.3) is 5.69 Å². The Morgan fingerprint density at radius 1 is 1.30 bits per heavy atom. The van der Waals surface area contributed by atoms with E-state index in [1.54, 1.807) is 0 Å². The summed E-state index contributed by atoms with van der Waals surface area (Å²) in [6, 6.07) is 10.2. The summed E-state index contributed by atoms with van der Waals surface area (Å²) in [7, 11) is 0. The topological polar surface area (TPSA) is 68.5 Å². The van der Waals surface area contributed by atoms with Gasteiger partial charge in [0.15, 0.2) is 0 Å². The number of esters is 1. The van der Waals surface area contributed by atoms with E-state index in [4.69, 9.17) is 9.84 Å². The van der Waals surface area contributed by atoms with E-state index in [-0.39, 0.29) is 17.3 Å². The van der Waals surface area contributed by atoms with Gasteiger partial charge in [0, 0.05) is 12.3 Å². The van der Waals surface area contributed by atoms with Crippen molar-refractivity contribution < 1.29 is 9.53 Å². The lowest BCUT2D eigenvalue weighted by Crippen LogP contribution is -2.20. The summed E-state index contributed by atoms with van der Waals surface area (Å²) in [5.41, 5.74) is 3.77. The fourth-order valence-electron chi connectivity index (χ4n) is 3.51. The number of nitrogens with one attached hydrogen (secondary N) is 1. The largest absolute Gasteiger partial charge is 0.463 e. The number of ether oxygens (including phenoxy) is 1. The summed E-state index contributed by atoms with van der Waals surface area (Å²) in [5, 5.41) is 8.25. The van der Waals surface area contributed by atoms with Crippen molar-refractivity contribution >= 4 is 18.0 Å². The molecule has 0 amide bonds. The second kappa shape index (κ2) is 8.86. The van der Waals surface area contributed by atoms with E-state index in [1.165, 1.54) is 0 Å². The van der Waals surface area contributed by atoms with E-state index in [2.05, 4.69) is 44.1 Å². The van der Waals surface area contributed by atoms with E-state index < -0.39 is 0 Å². The number of carbonyl (C=O) groups is 1. The molecule has 0 radical (unpaired) electrons. The Labute approximate surface area is 179 Å². The molecule has 1 aromatic carbocycles. The molecule has 30 heavy (non-hydrogen) atoms. The fraction of sp³-hybridized carbons (Fsp3) is 0.458. The molecular weight excluding hydrogens is 376 g/mol. The lowest BCUT2D eigenvalue weighted by Gasteiger charge is -2.19. The monoisotopic (exact) mass is 408 g/mol. The summed E-state index contributed by atoms with van der Waals surface area (Å²) in [6.07, 6.45) is 3.30. The third-order valence-corrected chi connectivity index (χ3v) is 4.85. The minimum Gasteiger partial charge on any atom is -0.463 e. The number of para-hydroxylation sites is 1. The molecule has 3 rings (SSSR count). The number of nitrogens with zero attached hydrogens (tertiary/aromatic N) is 3. The average Bonchev–Trinajstić information content (AvgIpc) is 3.03. The van der Waals surface area contributed by atoms with Crippen LogP contribution in [0.3, 0.4) is 0 Å². The highest BCUT2D eigenvalue weighted by molar-refractivity contribution is 5.92. The zero-order chi connectivity index (χ0) is 21.9. The normalized spacial score (nSPS) is 16.7. The Kier molecular flexibility index (Phi) is 6.44. The van der Waals surface area contributed by atoms with Crippen molar-refractivity contribution in [2.45, 2.75) is 54.4 Å². The minimum absolute atomic E-state index is 0.107. The van der Waals surface area contributed by atoms with E-state index in [0.29, 0.717) is 24.4 Å². The van der Waals surface area contributed by atoms with Gasteiger partial charge in [-0.25, -0.2) is 14.5 Å². The number of benzene rings is 1. The molecule has 0 saturated heterocycles. The van der Waals surface area contributed by atoms with Crippen molar-refractivity contribution in [2.75, 3.05) is 11.9 Å². The van der Waals surface area contributed by atoms with Crippen LogP contribution in [0, 0.1) is 18.3 Å². The minimum atomic E-state index is -0.319. The number of aromatic nitrogens is 2. The van der Waals surface area contributed by atoms with Crippen LogP contribution in [-0.2, 0) is 16.0 Å². The van der Waals surface area contributed by atoms with Gasteiger partial charge in [0.25, 0.3) is 0 Å². The van der Waals surface area contributed by atoms with Crippen LogP contribution in [0.4, 0.5) is 5.82 Å². The third kappa shape index (κ3) is 5.17. The van der Waals surface area contributed by atoms with Crippen LogP contribution in [0.1, 0.15) is 52.3 Å². The standard InChI is InChI=1S/C24H32N4O2/c1-7-30-23(29)19-12-16(2)15-25-22(19)26-21-13-18(14-24(4,5)6)27-28(21)20-11-9-8-10-17(20)3/h8-11,13,15-16,26H,7,12,14H2,1-6H3. The van der Waals surface area contributed by atoms with Gasteiger partial charge in [0.2, 0.25) is 0 Å². The van der Waals surface area contributed by atoms with Crippen LogP contribution in [-0.4, -0.2) is 28.6 Å². The first-order valence-corrected chi connectivity index (χ1v) is 10.5. The molecule has 6 heteroatoms. The predicted molar refractivity (Wildman–Crippen MR) is 121 cm³/mol. The molecule has 0 aliphatic carbocycles. The molecule has 1 unspecified atom stereocenters. The smallest absolute Gasteiger partial charge is 0.337 e. The quantitative estimate of drug-likeness (QED) is 0.678. The van der Waals surface area contributed by atoms with Crippen LogP contribution in [0.15, 0.2) is 46.7 Å². The van der Waals surface area contributed by atoms with Gasteiger partial charge in [-0.2, -0.15) is 5.10 Å². The van der Waals surface area contributed by atoms with Gasteiger partial charge in [-0.05, 0) is 49.7 Å². The Hall–Kier alpha value is -2.89. The zero-order valence-electron chi connectivity index (χ0n) is 18.8. The Morgan fingerprint density at radius 3 is 2.70 bits per heavy atom. The second-order valence-electron chi connectivity index (χ2n) is 9.09. The van der Waals surface area contributed by atoms with Crippen molar-refractivity contribution in [1.82, 2.24) is 9.78 Å². The summed E-state index contributed by atoms with van der Waals surface area (Å²) in [4.78, 5) is 17.1. The van der Waals surface area contributed by atoms with Gasteiger partial charge in [0.1, 0.15) is 11.6 Å². The molecule has 0 fully saturated rings. The van der Waals surface area contributed by atoms with Crippen LogP contribution < -0.4 is 5.32 Å². The number of hydrogen-bond acceptors (Lipinski definition) is 5. The number of aliphatic imine (C=N–C) groups is 1. The molecule has 2 heterocycles. The highest BCUT2D eigenvalue weighted by Crippen LogP contribution is 2.28. The fourth-order valence-corrected chi connectivity index (χ4v) is 3.51. The highest BCUT2D eigenvalue weighted by atomic mass is 16.5.